The van der Waals surface area contributed by atoms with Gasteiger partial charge in [0.05, 0.1) is 0 Å². The van der Waals surface area contributed by atoms with Crippen LogP contribution in [-0.4, -0.2) is 37.6 Å². The van der Waals surface area contributed by atoms with Gasteiger partial charge in [-0.2, -0.15) is 0 Å². The fourth-order valence-electron chi connectivity index (χ4n) is 2.40. The van der Waals surface area contributed by atoms with Crippen LogP contribution in [0.25, 0.3) is 0 Å². The summed E-state index contributed by atoms with van der Waals surface area (Å²) in [5, 5.41) is 3.69. The molecule has 1 fully saturated rings. The second-order valence-electron chi connectivity index (χ2n) is 5.96. The quantitative estimate of drug-likeness (QED) is 0.768. The molecule has 2 nitrogen and oxygen atoms in total. The van der Waals surface area contributed by atoms with E-state index in [4.69, 9.17) is 0 Å². The first-order valence-corrected chi connectivity index (χ1v) is 6.41. The van der Waals surface area contributed by atoms with Gasteiger partial charge in [-0.05, 0) is 37.8 Å². The van der Waals surface area contributed by atoms with Crippen molar-refractivity contribution in [2.45, 2.75) is 40.2 Å². The van der Waals surface area contributed by atoms with E-state index in [0.717, 1.165) is 24.3 Å². The lowest BCUT2D eigenvalue weighted by molar-refractivity contribution is 0.138. The van der Waals surface area contributed by atoms with E-state index < -0.39 is 0 Å². The lowest BCUT2D eigenvalue weighted by Crippen LogP contribution is -2.49. The van der Waals surface area contributed by atoms with Crippen LogP contribution in [0.15, 0.2) is 0 Å². The summed E-state index contributed by atoms with van der Waals surface area (Å²) in [5.74, 6) is 2.44. The SMILES string of the molecule is CC(C)CNC1CC(C(C)C)CN(C)C1. The van der Waals surface area contributed by atoms with E-state index in [2.05, 4.69) is 45.0 Å². The minimum absolute atomic E-state index is 0.707. The van der Waals surface area contributed by atoms with Crippen molar-refractivity contribution in [1.29, 1.82) is 0 Å². The molecule has 0 saturated carbocycles. The molecule has 0 aromatic rings. The third-order valence-electron chi connectivity index (χ3n) is 3.42. The number of piperidine rings is 1. The highest BCUT2D eigenvalue weighted by molar-refractivity contribution is 4.83. The Morgan fingerprint density at radius 2 is 1.87 bits per heavy atom. The van der Waals surface area contributed by atoms with Gasteiger partial charge in [0.25, 0.3) is 0 Å². The third-order valence-corrected chi connectivity index (χ3v) is 3.42. The number of likely N-dealkylation sites (N-methyl/N-ethyl adjacent to an activating group) is 1. The predicted octanol–water partition coefficient (Wildman–Crippen LogP) is 2.21. The normalized spacial score (nSPS) is 29.0. The minimum atomic E-state index is 0.707. The summed E-state index contributed by atoms with van der Waals surface area (Å²) in [4.78, 5) is 2.48. The summed E-state index contributed by atoms with van der Waals surface area (Å²) in [7, 11) is 2.25. The fourth-order valence-corrected chi connectivity index (χ4v) is 2.40. The van der Waals surface area contributed by atoms with E-state index in [9.17, 15) is 0 Å². The summed E-state index contributed by atoms with van der Waals surface area (Å²) >= 11 is 0. The molecule has 1 saturated heterocycles. The van der Waals surface area contributed by atoms with Crippen LogP contribution in [0.2, 0.25) is 0 Å². The standard InChI is InChI=1S/C13H28N2/c1-10(2)7-14-13-6-12(11(3)4)8-15(5)9-13/h10-14H,6-9H2,1-5H3. The van der Waals surface area contributed by atoms with Crippen molar-refractivity contribution in [3.05, 3.63) is 0 Å². The Hall–Kier alpha value is -0.0800. The monoisotopic (exact) mass is 212 g/mol. The van der Waals surface area contributed by atoms with Gasteiger partial charge >= 0.3 is 0 Å². The summed E-state index contributed by atoms with van der Waals surface area (Å²) < 4.78 is 0. The average molecular weight is 212 g/mol. The highest BCUT2D eigenvalue weighted by atomic mass is 15.1. The van der Waals surface area contributed by atoms with Crippen LogP contribution in [0.1, 0.15) is 34.1 Å². The molecule has 0 amide bonds. The van der Waals surface area contributed by atoms with Crippen molar-refractivity contribution in [3.63, 3.8) is 0 Å². The zero-order valence-corrected chi connectivity index (χ0v) is 11.1. The molecule has 15 heavy (non-hydrogen) atoms. The maximum atomic E-state index is 3.69. The summed E-state index contributed by atoms with van der Waals surface area (Å²) in [5.41, 5.74) is 0. The number of rotatable bonds is 4. The van der Waals surface area contributed by atoms with Gasteiger partial charge in [0.15, 0.2) is 0 Å². The second kappa shape index (κ2) is 5.86. The van der Waals surface area contributed by atoms with Gasteiger partial charge in [-0.1, -0.05) is 27.7 Å². The maximum absolute atomic E-state index is 3.69. The number of nitrogens with zero attached hydrogens (tertiary/aromatic N) is 1. The van der Waals surface area contributed by atoms with Crippen molar-refractivity contribution >= 4 is 0 Å². The maximum Gasteiger partial charge on any atom is 0.0198 e. The van der Waals surface area contributed by atoms with Crippen molar-refractivity contribution in [2.75, 3.05) is 26.7 Å². The Morgan fingerprint density at radius 1 is 1.20 bits per heavy atom. The van der Waals surface area contributed by atoms with Crippen molar-refractivity contribution in [1.82, 2.24) is 10.2 Å². The van der Waals surface area contributed by atoms with Gasteiger partial charge in [0, 0.05) is 19.1 Å². The molecule has 1 heterocycles. The minimum Gasteiger partial charge on any atom is -0.312 e. The largest absolute Gasteiger partial charge is 0.312 e. The molecule has 2 atom stereocenters. The first-order valence-electron chi connectivity index (χ1n) is 6.41. The van der Waals surface area contributed by atoms with E-state index in [-0.39, 0.29) is 0 Å². The van der Waals surface area contributed by atoms with E-state index in [1.165, 1.54) is 19.5 Å². The van der Waals surface area contributed by atoms with Gasteiger partial charge in [0.1, 0.15) is 0 Å². The molecule has 1 aliphatic heterocycles. The molecular weight excluding hydrogens is 184 g/mol. The lowest BCUT2D eigenvalue weighted by Gasteiger charge is -2.38. The molecule has 0 aromatic carbocycles. The zero-order chi connectivity index (χ0) is 11.4. The smallest absolute Gasteiger partial charge is 0.0198 e. The third kappa shape index (κ3) is 4.52. The molecule has 1 N–H and O–H groups in total. The number of nitrogens with one attached hydrogen (secondary N) is 1. The Balaban J connectivity index is 2.37. The van der Waals surface area contributed by atoms with Gasteiger partial charge in [-0.25, -0.2) is 0 Å². The highest BCUT2D eigenvalue weighted by Crippen LogP contribution is 2.22. The van der Waals surface area contributed by atoms with Crippen LogP contribution in [0.3, 0.4) is 0 Å². The summed E-state index contributed by atoms with van der Waals surface area (Å²) in [6.07, 6.45) is 1.36. The Labute approximate surface area is 95.4 Å². The molecule has 0 bridgehead atoms. The molecule has 2 heteroatoms. The average Bonchev–Trinajstić information content (AvgIpc) is 2.13. The van der Waals surface area contributed by atoms with Gasteiger partial charge in [-0.3, -0.25) is 0 Å². The summed E-state index contributed by atoms with van der Waals surface area (Å²) in [6.45, 7) is 12.9. The van der Waals surface area contributed by atoms with Crippen molar-refractivity contribution in [2.24, 2.45) is 17.8 Å². The molecular formula is C13H28N2. The lowest BCUT2D eigenvalue weighted by atomic mass is 9.85. The molecule has 0 aliphatic carbocycles. The van der Waals surface area contributed by atoms with Crippen molar-refractivity contribution < 1.29 is 0 Å². The fraction of sp³-hybridized carbons (Fsp3) is 1.00. The van der Waals surface area contributed by atoms with Crippen LogP contribution >= 0.6 is 0 Å². The topological polar surface area (TPSA) is 15.3 Å². The Morgan fingerprint density at radius 3 is 2.40 bits per heavy atom. The van der Waals surface area contributed by atoms with Gasteiger partial charge in [0.2, 0.25) is 0 Å². The molecule has 0 aromatic heterocycles. The number of hydrogen-bond donors (Lipinski definition) is 1. The molecule has 2 unspecified atom stereocenters. The van der Waals surface area contributed by atoms with Crippen LogP contribution in [0, 0.1) is 17.8 Å². The molecule has 1 aliphatic rings. The number of hydrogen-bond acceptors (Lipinski definition) is 2. The number of likely N-dealkylation sites (tertiary alicyclic amines) is 1. The Kier molecular flexibility index (Phi) is 5.07. The predicted molar refractivity (Wildman–Crippen MR) is 67.1 cm³/mol. The van der Waals surface area contributed by atoms with Crippen molar-refractivity contribution in [3.8, 4) is 0 Å². The van der Waals surface area contributed by atoms with Crippen LogP contribution < -0.4 is 5.32 Å². The van der Waals surface area contributed by atoms with E-state index in [0.29, 0.717) is 6.04 Å². The van der Waals surface area contributed by atoms with E-state index >= 15 is 0 Å². The van der Waals surface area contributed by atoms with Gasteiger partial charge < -0.3 is 10.2 Å². The molecule has 0 spiro atoms. The van der Waals surface area contributed by atoms with Gasteiger partial charge in [-0.15, -0.1) is 0 Å². The first-order chi connectivity index (χ1) is 6.99. The van der Waals surface area contributed by atoms with E-state index in [1.807, 2.05) is 0 Å². The molecule has 1 rings (SSSR count). The van der Waals surface area contributed by atoms with Crippen LogP contribution in [0.4, 0.5) is 0 Å². The summed E-state index contributed by atoms with van der Waals surface area (Å²) in [6, 6.07) is 0.707. The van der Waals surface area contributed by atoms with Crippen LogP contribution in [-0.2, 0) is 0 Å². The second-order valence-corrected chi connectivity index (χ2v) is 5.96. The first kappa shape index (κ1) is 13.0. The molecule has 0 radical (unpaired) electrons. The zero-order valence-electron chi connectivity index (χ0n) is 11.1. The molecule has 90 valence electrons. The highest BCUT2D eigenvalue weighted by Gasteiger charge is 2.26. The van der Waals surface area contributed by atoms with E-state index in [1.54, 1.807) is 0 Å². The Bertz CT molecular complexity index is 177. The van der Waals surface area contributed by atoms with Crippen LogP contribution in [0.5, 0.6) is 0 Å².